The predicted molar refractivity (Wildman–Crippen MR) is 73.6 cm³/mol. The van der Waals surface area contributed by atoms with Crippen LogP contribution < -0.4 is 10.6 Å². The fourth-order valence-electron chi connectivity index (χ4n) is 1.96. The molecule has 0 bridgehead atoms. The topological polar surface area (TPSA) is 121 Å². The average Bonchev–Trinajstić information content (AvgIpc) is 2.72. The van der Waals surface area contributed by atoms with Gasteiger partial charge >= 0.3 is 12.3 Å². The van der Waals surface area contributed by atoms with E-state index < -0.39 is 29.4 Å². The SMILES string of the molecule is CC(C)(C)NC(=O)O[C@@H](C[C@@H]1CCNC1=O)C(=O)C=[N+]=[N-]. The van der Waals surface area contributed by atoms with E-state index in [1.165, 1.54) is 0 Å². The molecule has 2 N–H and O–H groups in total. The zero-order valence-corrected chi connectivity index (χ0v) is 12.4. The second kappa shape index (κ2) is 6.99. The van der Waals surface area contributed by atoms with Gasteiger partial charge in [0.2, 0.25) is 5.91 Å². The molecule has 1 heterocycles. The summed E-state index contributed by atoms with van der Waals surface area (Å²) in [5.41, 5.74) is 7.92. The van der Waals surface area contributed by atoms with Crippen LogP contribution in [0.5, 0.6) is 0 Å². The molecule has 1 saturated heterocycles. The lowest BCUT2D eigenvalue weighted by Gasteiger charge is -2.22. The average molecular weight is 296 g/mol. The van der Waals surface area contributed by atoms with E-state index in [2.05, 4.69) is 15.4 Å². The Morgan fingerprint density at radius 1 is 1.57 bits per heavy atom. The van der Waals surface area contributed by atoms with Crippen LogP contribution in [0.4, 0.5) is 4.79 Å². The van der Waals surface area contributed by atoms with Crippen molar-refractivity contribution in [3.05, 3.63) is 5.53 Å². The summed E-state index contributed by atoms with van der Waals surface area (Å²) in [6.07, 6.45) is -0.609. The van der Waals surface area contributed by atoms with E-state index in [0.29, 0.717) is 19.2 Å². The van der Waals surface area contributed by atoms with E-state index in [9.17, 15) is 14.4 Å². The van der Waals surface area contributed by atoms with Gasteiger partial charge in [0.05, 0.1) is 0 Å². The van der Waals surface area contributed by atoms with Gasteiger partial charge < -0.3 is 20.9 Å². The summed E-state index contributed by atoms with van der Waals surface area (Å²) in [5.74, 6) is -1.23. The van der Waals surface area contributed by atoms with Crippen molar-refractivity contribution in [3.8, 4) is 0 Å². The number of hydrogen-bond acceptors (Lipinski definition) is 4. The summed E-state index contributed by atoms with van der Waals surface area (Å²) in [4.78, 5) is 37.7. The predicted octanol–water partition coefficient (Wildman–Crippen LogP) is 0.276. The van der Waals surface area contributed by atoms with E-state index >= 15 is 0 Å². The molecule has 0 aliphatic carbocycles. The lowest BCUT2D eigenvalue weighted by Crippen LogP contribution is -2.44. The minimum Gasteiger partial charge on any atom is -0.438 e. The number of carbonyl (C=O) groups excluding carboxylic acids is 3. The van der Waals surface area contributed by atoms with Crippen LogP contribution in [0, 0.1) is 5.92 Å². The summed E-state index contributed by atoms with van der Waals surface area (Å²) in [5, 5.41) is 5.21. The first-order valence-corrected chi connectivity index (χ1v) is 6.70. The molecule has 21 heavy (non-hydrogen) atoms. The molecular formula is C13H20N4O4. The summed E-state index contributed by atoms with van der Waals surface area (Å²) in [6, 6.07) is 0. The first-order valence-electron chi connectivity index (χ1n) is 6.70. The van der Waals surface area contributed by atoms with E-state index in [-0.39, 0.29) is 12.3 Å². The molecule has 8 nitrogen and oxygen atoms in total. The van der Waals surface area contributed by atoms with Gasteiger partial charge in [-0.1, -0.05) is 0 Å². The molecule has 0 unspecified atom stereocenters. The number of nitrogens with zero attached hydrogens (tertiary/aromatic N) is 2. The number of rotatable bonds is 5. The van der Waals surface area contributed by atoms with Crippen molar-refractivity contribution in [3.63, 3.8) is 0 Å². The van der Waals surface area contributed by atoms with Crippen LogP contribution in [0.2, 0.25) is 0 Å². The highest BCUT2D eigenvalue weighted by Crippen LogP contribution is 2.18. The number of nitrogens with one attached hydrogen (secondary N) is 2. The van der Waals surface area contributed by atoms with E-state index in [0.717, 1.165) is 0 Å². The summed E-state index contributed by atoms with van der Waals surface area (Å²) in [7, 11) is 0. The Labute approximate surface area is 122 Å². The number of ether oxygens (including phenoxy) is 1. The second-order valence-electron chi connectivity index (χ2n) is 5.93. The third kappa shape index (κ3) is 5.74. The maximum Gasteiger partial charge on any atom is 0.408 e. The highest BCUT2D eigenvalue weighted by atomic mass is 16.6. The van der Waals surface area contributed by atoms with Crippen LogP contribution in [0.15, 0.2) is 0 Å². The first-order chi connectivity index (χ1) is 9.73. The fraction of sp³-hybridized carbons (Fsp3) is 0.692. The van der Waals surface area contributed by atoms with Crippen LogP contribution in [0.3, 0.4) is 0 Å². The quantitative estimate of drug-likeness (QED) is 0.430. The lowest BCUT2D eigenvalue weighted by molar-refractivity contribution is -0.127. The second-order valence-corrected chi connectivity index (χ2v) is 5.93. The molecule has 0 aromatic carbocycles. The van der Waals surface area contributed by atoms with Crippen molar-refractivity contribution in [2.75, 3.05) is 6.54 Å². The van der Waals surface area contributed by atoms with Crippen LogP contribution in [-0.2, 0) is 14.3 Å². The monoisotopic (exact) mass is 296 g/mol. The zero-order chi connectivity index (χ0) is 16.0. The maximum atomic E-state index is 11.8. The van der Waals surface area contributed by atoms with Crippen molar-refractivity contribution in [2.24, 2.45) is 5.92 Å². The standard InChI is InChI=1S/C13H20N4O4/c1-13(2,3)17-12(20)21-10(9(18)7-16-14)6-8-4-5-15-11(8)19/h7-8,10H,4-6H2,1-3H3,(H,15,19)(H,17,20)/t8-,10-/m0/s1. The van der Waals surface area contributed by atoms with Gasteiger partial charge in [-0.05, 0) is 27.2 Å². The highest BCUT2D eigenvalue weighted by molar-refractivity contribution is 6.27. The molecule has 116 valence electrons. The highest BCUT2D eigenvalue weighted by Gasteiger charge is 2.33. The van der Waals surface area contributed by atoms with Gasteiger partial charge in [-0.15, -0.1) is 0 Å². The molecule has 8 heteroatoms. The molecular weight excluding hydrogens is 276 g/mol. The van der Waals surface area contributed by atoms with Gasteiger partial charge in [-0.3, -0.25) is 9.59 Å². The van der Waals surface area contributed by atoms with Crippen molar-refractivity contribution in [1.82, 2.24) is 10.6 Å². The van der Waals surface area contributed by atoms with Crippen molar-refractivity contribution in [2.45, 2.75) is 45.3 Å². The molecule has 2 atom stereocenters. The molecule has 1 aliphatic heterocycles. The number of alkyl carbamates (subject to hydrolysis) is 1. The number of hydrogen-bond donors (Lipinski definition) is 2. The fourth-order valence-corrected chi connectivity index (χ4v) is 1.96. The van der Waals surface area contributed by atoms with Gasteiger partial charge in [-0.2, -0.15) is 4.79 Å². The molecule has 1 aliphatic rings. The number of Topliss-reactive ketones (excluding diaryl/α,β-unsaturated/α-hetero) is 1. The number of amides is 2. The molecule has 0 saturated carbocycles. The third-order valence-corrected chi connectivity index (χ3v) is 2.89. The van der Waals surface area contributed by atoms with Crippen LogP contribution in [-0.4, -0.2) is 47.0 Å². The van der Waals surface area contributed by atoms with Crippen LogP contribution >= 0.6 is 0 Å². The Balaban J connectivity index is 2.72. The molecule has 0 aromatic rings. The minimum absolute atomic E-state index is 0.0637. The smallest absolute Gasteiger partial charge is 0.408 e. The Bertz CT molecular complexity index is 477. The maximum absolute atomic E-state index is 11.8. The minimum atomic E-state index is -1.16. The van der Waals surface area contributed by atoms with Gasteiger partial charge in [0, 0.05) is 24.4 Å². The van der Waals surface area contributed by atoms with Gasteiger partial charge in [-0.25, -0.2) is 4.79 Å². The summed E-state index contributed by atoms with van der Waals surface area (Å²) < 4.78 is 5.07. The third-order valence-electron chi connectivity index (χ3n) is 2.89. The molecule has 2 amide bonds. The van der Waals surface area contributed by atoms with E-state index in [1.807, 2.05) is 0 Å². The van der Waals surface area contributed by atoms with Gasteiger partial charge in [0.1, 0.15) is 0 Å². The van der Waals surface area contributed by atoms with E-state index in [1.54, 1.807) is 20.8 Å². The van der Waals surface area contributed by atoms with Crippen molar-refractivity contribution < 1.29 is 23.9 Å². The summed E-state index contributed by atoms with van der Waals surface area (Å²) in [6.45, 7) is 5.84. The molecule has 0 radical (unpaired) electrons. The normalized spacial score (nSPS) is 19.2. The van der Waals surface area contributed by atoms with Gasteiger partial charge in [0.25, 0.3) is 5.78 Å². The lowest BCUT2D eigenvalue weighted by atomic mass is 9.98. The Morgan fingerprint density at radius 3 is 2.71 bits per heavy atom. The van der Waals surface area contributed by atoms with E-state index in [4.69, 9.17) is 10.3 Å². The Morgan fingerprint density at radius 2 is 2.24 bits per heavy atom. The zero-order valence-electron chi connectivity index (χ0n) is 12.4. The van der Waals surface area contributed by atoms with Crippen molar-refractivity contribution in [1.29, 1.82) is 0 Å². The van der Waals surface area contributed by atoms with Crippen LogP contribution in [0.25, 0.3) is 5.53 Å². The number of ketones is 1. The van der Waals surface area contributed by atoms with Gasteiger partial charge in [0.15, 0.2) is 6.10 Å². The van der Waals surface area contributed by atoms with Crippen LogP contribution in [0.1, 0.15) is 33.6 Å². The largest absolute Gasteiger partial charge is 0.438 e. The summed E-state index contributed by atoms with van der Waals surface area (Å²) >= 11 is 0. The molecule has 1 rings (SSSR count). The molecule has 0 aromatic heterocycles. The molecule has 1 fully saturated rings. The Hall–Kier alpha value is -2.21. The van der Waals surface area contributed by atoms with Crippen molar-refractivity contribution >= 4 is 24.0 Å². The number of carbonyl (C=O) groups is 3. The Kier molecular flexibility index (Phi) is 5.60. The molecule has 0 spiro atoms. The first kappa shape index (κ1) is 16.8.